The predicted molar refractivity (Wildman–Crippen MR) is 117 cm³/mol. The van der Waals surface area contributed by atoms with E-state index in [-0.39, 0.29) is 17.4 Å². The van der Waals surface area contributed by atoms with Crippen LogP contribution in [0.3, 0.4) is 0 Å². The van der Waals surface area contributed by atoms with E-state index in [4.69, 9.17) is 11.1 Å². The molecule has 2 amide bonds. The van der Waals surface area contributed by atoms with E-state index in [1.54, 1.807) is 0 Å². The van der Waals surface area contributed by atoms with Crippen molar-refractivity contribution >= 4 is 23.7 Å². The Kier molecular flexibility index (Phi) is 7.82. The number of nitrogens with one attached hydrogen (secondary N) is 4. The van der Waals surface area contributed by atoms with E-state index in [0.29, 0.717) is 25.1 Å². The number of nitrogens with two attached hydrogens (primary N) is 1. The number of amides is 2. The van der Waals surface area contributed by atoms with Gasteiger partial charge in [-0.15, -0.1) is 0 Å². The zero-order chi connectivity index (χ0) is 21.4. The fourth-order valence-corrected chi connectivity index (χ4v) is 3.65. The second-order valence-electron chi connectivity index (χ2n) is 8.38. The molecule has 1 saturated heterocycles. The molecule has 0 bridgehead atoms. The number of hydrogen-bond donors (Lipinski definition) is 5. The molecule has 1 atom stereocenters. The summed E-state index contributed by atoms with van der Waals surface area (Å²) in [6.45, 7) is 5.03. The van der Waals surface area contributed by atoms with Crippen molar-refractivity contribution in [3.63, 3.8) is 0 Å². The predicted octanol–water partition coefficient (Wildman–Crippen LogP) is 2.53. The number of carbonyl (C=O) groups excluding carboxylic acids is 2. The van der Waals surface area contributed by atoms with Crippen LogP contribution in [0.15, 0.2) is 35.5 Å². The van der Waals surface area contributed by atoms with Gasteiger partial charge in [0.25, 0.3) is 0 Å². The van der Waals surface area contributed by atoms with Gasteiger partial charge in [-0.05, 0) is 48.8 Å². The van der Waals surface area contributed by atoms with Crippen LogP contribution in [0.25, 0.3) is 0 Å². The van der Waals surface area contributed by atoms with E-state index >= 15 is 0 Å². The van der Waals surface area contributed by atoms with Crippen LogP contribution in [0.1, 0.15) is 51.5 Å². The average Bonchev–Trinajstić information content (AvgIpc) is 3.11. The van der Waals surface area contributed by atoms with Gasteiger partial charge < -0.3 is 21.7 Å². The fraction of sp³-hybridized carbons (Fsp3) is 0.500. The first-order valence-electron chi connectivity index (χ1n) is 10.1. The Morgan fingerprint density at radius 2 is 2.14 bits per heavy atom. The summed E-state index contributed by atoms with van der Waals surface area (Å²) >= 11 is 0. The highest BCUT2D eigenvalue weighted by Gasteiger charge is 2.27. The quantitative estimate of drug-likeness (QED) is 0.373. The van der Waals surface area contributed by atoms with Crippen molar-refractivity contribution in [1.82, 2.24) is 10.6 Å². The number of anilines is 1. The van der Waals surface area contributed by atoms with Crippen molar-refractivity contribution in [3.8, 4) is 0 Å². The molecule has 158 valence electrons. The molecule has 0 saturated carbocycles. The smallest absolute Gasteiger partial charge is 0.220 e. The SMILES string of the molecule is CNc1cccc(C(=N)C2=C(N)CC(C)(C)CC2)c1.O=CNC[C@H]1CCC(=O)N1. The lowest BCUT2D eigenvalue weighted by Crippen LogP contribution is -2.34. The molecule has 0 spiro atoms. The molecular weight excluding hydrogens is 366 g/mol. The Labute approximate surface area is 173 Å². The second-order valence-corrected chi connectivity index (χ2v) is 8.38. The summed E-state index contributed by atoms with van der Waals surface area (Å²) in [5.74, 6) is 0.0812. The molecule has 7 nitrogen and oxygen atoms in total. The van der Waals surface area contributed by atoms with Crippen molar-refractivity contribution in [3.05, 3.63) is 41.1 Å². The molecule has 1 aliphatic heterocycles. The largest absolute Gasteiger partial charge is 0.402 e. The molecule has 0 aromatic heterocycles. The molecule has 1 aromatic carbocycles. The highest BCUT2D eigenvalue weighted by atomic mass is 16.2. The Hall–Kier alpha value is -2.83. The Morgan fingerprint density at radius 1 is 1.38 bits per heavy atom. The summed E-state index contributed by atoms with van der Waals surface area (Å²) in [6, 6.07) is 8.10. The Morgan fingerprint density at radius 3 is 2.72 bits per heavy atom. The Balaban J connectivity index is 0.000000253. The van der Waals surface area contributed by atoms with E-state index in [1.165, 1.54) is 0 Å². The van der Waals surface area contributed by atoms with E-state index in [0.717, 1.165) is 48.2 Å². The molecule has 0 unspecified atom stereocenters. The van der Waals surface area contributed by atoms with Crippen LogP contribution in [-0.2, 0) is 9.59 Å². The second kappa shape index (κ2) is 10.1. The van der Waals surface area contributed by atoms with Gasteiger partial charge in [0.2, 0.25) is 12.3 Å². The number of benzene rings is 1. The van der Waals surface area contributed by atoms with Crippen LogP contribution in [0.4, 0.5) is 5.69 Å². The summed E-state index contributed by atoms with van der Waals surface area (Å²) in [4.78, 5) is 20.4. The molecule has 0 radical (unpaired) electrons. The van der Waals surface area contributed by atoms with Gasteiger partial charge in [0.05, 0.1) is 5.71 Å². The minimum absolute atomic E-state index is 0.0812. The van der Waals surface area contributed by atoms with Gasteiger partial charge in [-0.2, -0.15) is 0 Å². The van der Waals surface area contributed by atoms with E-state index in [9.17, 15) is 9.59 Å². The Bertz CT molecular complexity index is 785. The van der Waals surface area contributed by atoms with Crippen molar-refractivity contribution in [2.24, 2.45) is 11.1 Å². The molecule has 3 rings (SSSR count). The molecule has 1 aliphatic carbocycles. The number of hydrogen-bond acceptors (Lipinski definition) is 5. The fourth-order valence-electron chi connectivity index (χ4n) is 3.65. The highest BCUT2D eigenvalue weighted by molar-refractivity contribution is 6.11. The van der Waals surface area contributed by atoms with Crippen LogP contribution in [0.2, 0.25) is 0 Å². The van der Waals surface area contributed by atoms with Crippen LogP contribution < -0.4 is 21.7 Å². The summed E-state index contributed by atoms with van der Waals surface area (Å²) in [5, 5.41) is 16.7. The molecule has 1 heterocycles. The lowest BCUT2D eigenvalue weighted by Gasteiger charge is -2.31. The topological polar surface area (TPSA) is 120 Å². The maximum atomic E-state index is 10.6. The normalized spacial score (nSPS) is 20.2. The van der Waals surface area contributed by atoms with Crippen molar-refractivity contribution in [1.29, 1.82) is 5.41 Å². The van der Waals surface area contributed by atoms with Crippen LogP contribution in [-0.4, -0.2) is 37.7 Å². The van der Waals surface area contributed by atoms with Crippen molar-refractivity contribution in [2.75, 3.05) is 18.9 Å². The summed E-state index contributed by atoms with van der Waals surface area (Å²) in [7, 11) is 1.89. The lowest BCUT2D eigenvalue weighted by molar-refractivity contribution is -0.119. The summed E-state index contributed by atoms with van der Waals surface area (Å²) < 4.78 is 0. The maximum Gasteiger partial charge on any atom is 0.220 e. The minimum atomic E-state index is 0.0812. The maximum absolute atomic E-state index is 10.6. The van der Waals surface area contributed by atoms with Gasteiger partial charge in [0.1, 0.15) is 0 Å². The van der Waals surface area contributed by atoms with E-state index in [2.05, 4.69) is 29.8 Å². The van der Waals surface area contributed by atoms with Gasteiger partial charge in [-0.3, -0.25) is 15.0 Å². The third kappa shape index (κ3) is 6.62. The van der Waals surface area contributed by atoms with Crippen molar-refractivity contribution < 1.29 is 9.59 Å². The van der Waals surface area contributed by atoms with Gasteiger partial charge in [0.15, 0.2) is 0 Å². The monoisotopic (exact) mass is 399 g/mol. The molecule has 1 aromatic rings. The number of allylic oxidation sites excluding steroid dienone is 2. The first kappa shape index (κ1) is 22.5. The minimum Gasteiger partial charge on any atom is -0.402 e. The average molecular weight is 400 g/mol. The summed E-state index contributed by atoms with van der Waals surface area (Å²) in [6.07, 6.45) is 4.95. The van der Waals surface area contributed by atoms with E-state index < -0.39 is 0 Å². The molecule has 7 heteroatoms. The zero-order valence-electron chi connectivity index (χ0n) is 17.6. The molecular formula is C22H33N5O2. The van der Waals surface area contributed by atoms with Gasteiger partial charge in [0, 0.05) is 43.0 Å². The van der Waals surface area contributed by atoms with Crippen molar-refractivity contribution in [2.45, 2.75) is 52.0 Å². The third-order valence-corrected chi connectivity index (χ3v) is 5.38. The zero-order valence-corrected chi connectivity index (χ0v) is 17.6. The van der Waals surface area contributed by atoms with Gasteiger partial charge in [-0.25, -0.2) is 0 Å². The molecule has 1 fully saturated rings. The molecule has 29 heavy (non-hydrogen) atoms. The van der Waals surface area contributed by atoms with E-state index in [1.807, 2.05) is 31.3 Å². The third-order valence-electron chi connectivity index (χ3n) is 5.38. The summed E-state index contributed by atoms with van der Waals surface area (Å²) in [5.41, 5.74) is 10.9. The molecule has 6 N–H and O–H groups in total. The first-order valence-corrected chi connectivity index (χ1v) is 10.1. The number of rotatable bonds is 6. The van der Waals surface area contributed by atoms with Crippen LogP contribution in [0, 0.1) is 10.8 Å². The van der Waals surface area contributed by atoms with Gasteiger partial charge >= 0.3 is 0 Å². The molecule has 2 aliphatic rings. The first-order chi connectivity index (χ1) is 13.8. The van der Waals surface area contributed by atoms with Gasteiger partial charge in [-0.1, -0.05) is 26.0 Å². The van der Waals surface area contributed by atoms with Crippen LogP contribution >= 0.6 is 0 Å². The highest BCUT2D eigenvalue weighted by Crippen LogP contribution is 2.37. The number of carbonyl (C=O) groups is 2. The standard InChI is InChI=1S/C16H23N3.C6H10N2O2/c1-16(2)8-7-13(14(17)10-16)15(18)11-5-4-6-12(9-11)19-3;9-4-7-3-5-1-2-6(10)8-5/h4-6,9,18-19H,7-8,10,17H2,1-3H3;4-5H,1-3H2,(H,7,9)(H,8,10)/t;5-/m.1/s1. The van der Waals surface area contributed by atoms with Crippen LogP contribution in [0.5, 0.6) is 0 Å². The lowest BCUT2D eigenvalue weighted by atomic mass is 9.75.